The van der Waals surface area contributed by atoms with Crippen molar-refractivity contribution in [1.29, 1.82) is 0 Å². The first-order chi connectivity index (χ1) is 11.9. The number of rotatable bonds is 4. The molecule has 0 amide bonds. The fourth-order valence-corrected chi connectivity index (χ4v) is 2.08. The highest BCUT2D eigenvalue weighted by Gasteiger charge is 2.06. The Hall–Kier alpha value is -2.45. The fourth-order valence-electron chi connectivity index (χ4n) is 2.08. The third-order valence-electron chi connectivity index (χ3n) is 3.31. The predicted octanol–water partition coefficient (Wildman–Crippen LogP) is 1.88. The van der Waals surface area contributed by atoms with Gasteiger partial charge in [0.15, 0.2) is 0 Å². The van der Waals surface area contributed by atoms with Crippen molar-refractivity contribution in [3.05, 3.63) is 48.5 Å². The van der Waals surface area contributed by atoms with Crippen molar-refractivity contribution in [3.8, 4) is 5.75 Å². The van der Waals surface area contributed by atoms with Crippen LogP contribution in [0.25, 0.3) is 21.8 Å². The van der Waals surface area contributed by atoms with Crippen LogP contribution in [0.2, 0.25) is 0 Å². The van der Waals surface area contributed by atoms with Crippen molar-refractivity contribution < 1.29 is 19.7 Å². The van der Waals surface area contributed by atoms with Gasteiger partial charge in [0.05, 0.1) is 17.2 Å². The molecular formula is C18H22ClN3O4. The van der Waals surface area contributed by atoms with E-state index in [0.717, 1.165) is 27.6 Å². The number of carboxylic acids is 1. The molecule has 1 atom stereocenters. The van der Waals surface area contributed by atoms with Crippen molar-refractivity contribution in [2.24, 2.45) is 11.5 Å². The molecule has 1 unspecified atom stereocenters. The normalized spacial score (nSPS) is 11.4. The summed E-state index contributed by atoms with van der Waals surface area (Å²) in [5, 5.41) is 17.8. The lowest BCUT2D eigenvalue weighted by Crippen LogP contribution is -2.36. The van der Waals surface area contributed by atoms with Gasteiger partial charge in [0.1, 0.15) is 18.5 Å². The van der Waals surface area contributed by atoms with E-state index in [4.69, 9.17) is 26.4 Å². The number of pyridine rings is 1. The number of carbonyl (C=O) groups is 1. The number of aliphatic hydroxyl groups excluding tert-OH is 1. The molecule has 0 aliphatic heterocycles. The summed E-state index contributed by atoms with van der Waals surface area (Å²) in [6.45, 7) is 1.48. The monoisotopic (exact) mass is 379 g/mol. The zero-order chi connectivity index (χ0) is 18.4. The molecule has 26 heavy (non-hydrogen) atoms. The lowest BCUT2D eigenvalue weighted by molar-refractivity contribution is -0.145. The summed E-state index contributed by atoms with van der Waals surface area (Å²) in [6.07, 6.45) is -1.71. The van der Waals surface area contributed by atoms with Gasteiger partial charge in [-0.05, 0) is 31.2 Å². The van der Waals surface area contributed by atoms with Crippen molar-refractivity contribution in [2.75, 3.05) is 6.61 Å². The lowest BCUT2D eigenvalue weighted by Gasteiger charge is -2.11. The molecule has 140 valence electrons. The summed E-state index contributed by atoms with van der Waals surface area (Å²) < 4.78 is 5.64. The highest BCUT2D eigenvalue weighted by molar-refractivity contribution is 5.95. The lowest BCUT2D eigenvalue weighted by atomic mass is 10.1. The first-order valence-corrected chi connectivity index (χ1v) is 7.72. The summed E-state index contributed by atoms with van der Waals surface area (Å²) in [5.74, 6) is -0.424. The standard InChI is InChI=1S/C15H15N3O.C3H6O3.ClH/c16-15(17)9-19-14-7-3-6-13-11(14)8-10-4-1-2-5-12(10)18-13;1-2(4)3(5)6;/h1-8,15H,9,16-17H2;2,4H,1H3,(H,5,6);1H. The van der Waals surface area contributed by atoms with Crippen LogP contribution in [0.15, 0.2) is 48.5 Å². The Morgan fingerprint density at radius 2 is 1.77 bits per heavy atom. The SMILES string of the molecule is CC(O)C(=O)O.Cl.NC(N)COc1cccc2nc3ccccc3cc12. The quantitative estimate of drug-likeness (QED) is 0.402. The Balaban J connectivity index is 0.000000422. The van der Waals surface area contributed by atoms with Gasteiger partial charge < -0.3 is 26.4 Å². The molecule has 2 aromatic carbocycles. The zero-order valence-corrected chi connectivity index (χ0v) is 15.0. The maximum absolute atomic E-state index is 9.45. The van der Waals surface area contributed by atoms with Crippen LogP contribution in [0.3, 0.4) is 0 Å². The summed E-state index contributed by atoms with van der Waals surface area (Å²) in [4.78, 5) is 14.1. The van der Waals surface area contributed by atoms with Gasteiger partial charge in [-0.2, -0.15) is 0 Å². The predicted molar refractivity (Wildman–Crippen MR) is 103 cm³/mol. The molecule has 0 spiro atoms. The van der Waals surface area contributed by atoms with Crippen molar-refractivity contribution >= 4 is 40.2 Å². The molecule has 8 heteroatoms. The maximum atomic E-state index is 9.45. The van der Waals surface area contributed by atoms with Crippen molar-refractivity contribution in [1.82, 2.24) is 4.98 Å². The molecule has 0 aliphatic rings. The average molecular weight is 380 g/mol. The van der Waals surface area contributed by atoms with Crippen LogP contribution in [-0.2, 0) is 4.79 Å². The smallest absolute Gasteiger partial charge is 0.332 e. The number of halogens is 1. The minimum Gasteiger partial charge on any atom is -0.490 e. The molecule has 1 heterocycles. The minimum absolute atomic E-state index is 0. The van der Waals surface area contributed by atoms with E-state index in [1.54, 1.807) is 0 Å². The molecule has 7 nitrogen and oxygen atoms in total. The zero-order valence-electron chi connectivity index (χ0n) is 14.2. The largest absolute Gasteiger partial charge is 0.490 e. The summed E-state index contributed by atoms with van der Waals surface area (Å²) in [5.41, 5.74) is 12.9. The molecule has 0 bridgehead atoms. The van der Waals surface area contributed by atoms with E-state index in [1.165, 1.54) is 6.92 Å². The van der Waals surface area contributed by atoms with Gasteiger partial charge in [0.25, 0.3) is 0 Å². The Morgan fingerprint density at radius 1 is 1.15 bits per heavy atom. The van der Waals surface area contributed by atoms with E-state index < -0.39 is 18.2 Å². The topological polar surface area (TPSA) is 132 Å². The van der Waals surface area contributed by atoms with Gasteiger partial charge in [0.2, 0.25) is 0 Å². The molecule has 3 aromatic rings. The molecule has 0 fully saturated rings. The third-order valence-corrected chi connectivity index (χ3v) is 3.31. The molecule has 6 N–H and O–H groups in total. The number of aromatic nitrogens is 1. The summed E-state index contributed by atoms with van der Waals surface area (Å²) in [6, 6.07) is 15.9. The van der Waals surface area contributed by atoms with E-state index in [-0.39, 0.29) is 19.0 Å². The first-order valence-electron chi connectivity index (χ1n) is 7.72. The Labute approximate surface area is 157 Å². The third kappa shape index (κ3) is 5.82. The number of nitrogens with two attached hydrogens (primary N) is 2. The number of nitrogens with zero attached hydrogens (tertiary/aromatic N) is 1. The number of hydrogen-bond donors (Lipinski definition) is 4. The number of aliphatic hydroxyl groups is 1. The van der Waals surface area contributed by atoms with Gasteiger partial charge in [-0.3, -0.25) is 0 Å². The Bertz CT molecular complexity index is 871. The van der Waals surface area contributed by atoms with Gasteiger partial charge in [-0.25, -0.2) is 9.78 Å². The second kappa shape index (κ2) is 9.88. The highest BCUT2D eigenvalue weighted by atomic mass is 35.5. The fraction of sp³-hybridized carbons (Fsp3) is 0.222. The average Bonchev–Trinajstić information content (AvgIpc) is 2.58. The van der Waals surface area contributed by atoms with Crippen LogP contribution >= 0.6 is 12.4 Å². The number of hydrogen-bond acceptors (Lipinski definition) is 6. The van der Waals surface area contributed by atoms with Gasteiger partial charge in [-0.1, -0.05) is 24.3 Å². The second-order valence-corrected chi connectivity index (χ2v) is 5.49. The maximum Gasteiger partial charge on any atom is 0.332 e. The van der Waals surface area contributed by atoms with E-state index in [9.17, 15) is 4.79 Å². The first kappa shape index (κ1) is 21.6. The molecule has 0 saturated carbocycles. The molecule has 0 radical (unpaired) electrons. The highest BCUT2D eigenvalue weighted by Crippen LogP contribution is 2.27. The number of benzene rings is 2. The van der Waals surface area contributed by atoms with E-state index in [0.29, 0.717) is 0 Å². The van der Waals surface area contributed by atoms with E-state index >= 15 is 0 Å². The van der Waals surface area contributed by atoms with Gasteiger partial charge in [-0.15, -0.1) is 12.4 Å². The van der Waals surface area contributed by atoms with Gasteiger partial charge >= 0.3 is 5.97 Å². The Kier molecular flexibility index (Phi) is 8.21. The van der Waals surface area contributed by atoms with Crippen LogP contribution in [0.5, 0.6) is 5.75 Å². The Morgan fingerprint density at radius 3 is 2.38 bits per heavy atom. The molecular weight excluding hydrogens is 358 g/mol. The summed E-state index contributed by atoms with van der Waals surface area (Å²) in [7, 11) is 0. The van der Waals surface area contributed by atoms with E-state index in [2.05, 4.69) is 11.1 Å². The van der Waals surface area contributed by atoms with Crippen molar-refractivity contribution in [2.45, 2.75) is 19.2 Å². The molecule has 3 rings (SSSR count). The van der Waals surface area contributed by atoms with Crippen LogP contribution in [0.1, 0.15) is 6.92 Å². The van der Waals surface area contributed by atoms with Crippen LogP contribution in [-0.4, -0.2) is 40.0 Å². The number of fused-ring (bicyclic) bond motifs is 2. The molecule has 0 saturated heterocycles. The number of ether oxygens (including phenoxy) is 1. The van der Waals surface area contributed by atoms with Crippen LogP contribution < -0.4 is 16.2 Å². The number of para-hydroxylation sites is 1. The van der Waals surface area contributed by atoms with Crippen molar-refractivity contribution in [3.63, 3.8) is 0 Å². The number of carboxylic acid groups (broad SMARTS) is 1. The minimum atomic E-state index is -1.23. The van der Waals surface area contributed by atoms with Gasteiger partial charge in [0, 0.05) is 10.8 Å². The molecule has 1 aromatic heterocycles. The number of aliphatic carboxylic acids is 1. The second-order valence-electron chi connectivity index (χ2n) is 5.49. The van der Waals surface area contributed by atoms with Crippen LogP contribution in [0, 0.1) is 0 Å². The van der Waals surface area contributed by atoms with E-state index in [1.807, 2.05) is 42.5 Å². The van der Waals surface area contributed by atoms with Crippen LogP contribution in [0.4, 0.5) is 0 Å². The molecule has 0 aliphatic carbocycles. The summed E-state index contributed by atoms with van der Waals surface area (Å²) >= 11 is 0.